The van der Waals surface area contributed by atoms with E-state index in [4.69, 9.17) is 5.11 Å². The Balaban J connectivity index is 1.57. The predicted molar refractivity (Wildman–Crippen MR) is 76.8 cm³/mol. The van der Waals surface area contributed by atoms with E-state index >= 15 is 0 Å². The van der Waals surface area contributed by atoms with Gasteiger partial charge in [0.05, 0.1) is 6.61 Å². The maximum absolute atomic E-state index is 9.08. The van der Waals surface area contributed by atoms with Gasteiger partial charge in [-0.15, -0.1) is 0 Å². The number of nitrogens with zero attached hydrogens (tertiary/aromatic N) is 2. The lowest BCUT2D eigenvalue weighted by Gasteiger charge is -2.45. The fourth-order valence-electron chi connectivity index (χ4n) is 3.79. The summed E-state index contributed by atoms with van der Waals surface area (Å²) >= 11 is 0. The van der Waals surface area contributed by atoms with Crippen LogP contribution in [-0.2, 0) is 6.54 Å². The Hall–Kier alpha value is -0.900. The number of piperidine rings is 2. The third-order valence-corrected chi connectivity index (χ3v) is 4.40. The summed E-state index contributed by atoms with van der Waals surface area (Å²) in [5.74, 6) is 1.59. The van der Waals surface area contributed by atoms with Crippen molar-refractivity contribution in [3.8, 4) is 0 Å². The molecule has 0 saturated carbocycles. The molecule has 0 aromatic heterocycles. The molecule has 0 spiro atoms. The van der Waals surface area contributed by atoms with Gasteiger partial charge in [0.2, 0.25) is 0 Å². The molecule has 19 heavy (non-hydrogen) atoms. The molecule has 104 valence electrons. The monoisotopic (exact) mass is 260 g/mol. The van der Waals surface area contributed by atoms with Crippen molar-refractivity contribution in [1.82, 2.24) is 9.80 Å². The second kappa shape index (κ2) is 6.04. The number of benzene rings is 1. The molecule has 0 radical (unpaired) electrons. The van der Waals surface area contributed by atoms with Crippen molar-refractivity contribution in [1.29, 1.82) is 0 Å². The first-order chi connectivity index (χ1) is 9.33. The molecule has 2 bridgehead atoms. The number of likely N-dealkylation sites (tertiary alicyclic amines) is 2. The van der Waals surface area contributed by atoms with Crippen molar-refractivity contribution < 1.29 is 5.11 Å². The molecule has 2 aliphatic heterocycles. The highest BCUT2D eigenvalue weighted by molar-refractivity contribution is 5.14. The number of β-amino-alcohol motifs (C(OH)–C–C–N with tert-alkyl or cyclic N) is 1. The fourth-order valence-corrected chi connectivity index (χ4v) is 3.79. The van der Waals surface area contributed by atoms with E-state index in [1.807, 2.05) is 0 Å². The van der Waals surface area contributed by atoms with Crippen LogP contribution in [-0.4, -0.2) is 54.2 Å². The molecular weight excluding hydrogens is 236 g/mol. The molecule has 2 aliphatic rings. The summed E-state index contributed by atoms with van der Waals surface area (Å²) in [4.78, 5) is 5.06. The number of rotatable bonds is 4. The number of hydrogen-bond acceptors (Lipinski definition) is 3. The highest BCUT2D eigenvalue weighted by Crippen LogP contribution is 2.29. The molecule has 1 aromatic rings. The molecule has 3 rings (SSSR count). The van der Waals surface area contributed by atoms with E-state index in [-0.39, 0.29) is 0 Å². The largest absolute Gasteiger partial charge is 0.395 e. The van der Waals surface area contributed by atoms with E-state index in [9.17, 15) is 0 Å². The zero-order valence-electron chi connectivity index (χ0n) is 11.5. The van der Waals surface area contributed by atoms with Gasteiger partial charge in [0.25, 0.3) is 0 Å². The lowest BCUT2D eigenvalue weighted by Crippen LogP contribution is -2.52. The third-order valence-electron chi connectivity index (χ3n) is 4.40. The van der Waals surface area contributed by atoms with Gasteiger partial charge in [-0.3, -0.25) is 4.90 Å². The Labute approximate surface area is 115 Å². The minimum Gasteiger partial charge on any atom is -0.395 e. The van der Waals surface area contributed by atoms with Crippen LogP contribution in [0.4, 0.5) is 0 Å². The van der Waals surface area contributed by atoms with E-state index < -0.39 is 0 Å². The smallest absolute Gasteiger partial charge is 0.0558 e. The van der Waals surface area contributed by atoms with Gasteiger partial charge in [-0.25, -0.2) is 0 Å². The second-order valence-corrected chi connectivity index (χ2v) is 6.13. The minimum atomic E-state index is 0.299. The van der Waals surface area contributed by atoms with Crippen LogP contribution in [0.25, 0.3) is 0 Å². The average molecular weight is 260 g/mol. The van der Waals surface area contributed by atoms with Gasteiger partial charge in [0.1, 0.15) is 0 Å². The van der Waals surface area contributed by atoms with Gasteiger partial charge in [-0.1, -0.05) is 30.3 Å². The summed E-state index contributed by atoms with van der Waals surface area (Å²) in [6.07, 6.45) is 1.38. The number of hydrogen-bond donors (Lipinski definition) is 1. The van der Waals surface area contributed by atoms with Crippen LogP contribution in [0, 0.1) is 11.8 Å². The minimum absolute atomic E-state index is 0.299. The lowest BCUT2D eigenvalue weighted by atomic mass is 9.84. The number of aliphatic hydroxyl groups excluding tert-OH is 1. The van der Waals surface area contributed by atoms with Crippen molar-refractivity contribution in [2.75, 3.05) is 39.3 Å². The summed E-state index contributed by atoms with van der Waals surface area (Å²) < 4.78 is 0. The van der Waals surface area contributed by atoms with E-state index in [2.05, 4.69) is 40.1 Å². The maximum Gasteiger partial charge on any atom is 0.0558 e. The van der Waals surface area contributed by atoms with Crippen LogP contribution in [0.3, 0.4) is 0 Å². The molecule has 2 atom stereocenters. The number of fused-ring (bicyclic) bond motifs is 2. The molecule has 0 amide bonds. The van der Waals surface area contributed by atoms with Crippen molar-refractivity contribution in [2.45, 2.75) is 13.0 Å². The van der Waals surface area contributed by atoms with Crippen molar-refractivity contribution in [3.63, 3.8) is 0 Å². The van der Waals surface area contributed by atoms with Gasteiger partial charge >= 0.3 is 0 Å². The molecule has 2 heterocycles. The first kappa shape index (κ1) is 13.1. The normalized spacial score (nSPS) is 28.5. The van der Waals surface area contributed by atoms with E-state index in [0.717, 1.165) is 24.9 Å². The molecule has 2 unspecified atom stereocenters. The highest BCUT2D eigenvalue weighted by Gasteiger charge is 2.33. The Kier molecular flexibility index (Phi) is 4.16. The van der Waals surface area contributed by atoms with Crippen LogP contribution in [0.1, 0.15) is 12.0 Å². The summed E-state index contributed by atoms with van der Waals surface area (Å²) in [5.41, 5.74) is 1.43. The molecule has 3 heteroatoms. The van der Waals surface area contributed by atoms with Crippen molar-refractivity contribution in [2.24, 2.45) is 11.8 Å². The van der Waals surface area contributed by atoms with Crippen LogP contribution in [0.5, 0.6) is 0 Å². The van der Waals surface area contributed by atoms with E-state index in [0.29, 0.717) is 6.61 Å². The fraction of sp³-hybridized carbons (Fsp3) is 0.625. The van der Waals surface area contributed by atoms with Gasteiger partial charge in [-0.05, 0) is 23.8 Å². The van der Waals surface area contributed by atoms with Gasteiger partial charge in [0, 0.05) is 39.3 Å². The average Bonchev–Trinajstić information content (AvgIpc) is 2.39. The number of aliphatic hydroxyl groups is 1. The Bertz CT molecular complexity index is 381. The Morgan fingerprint density at radius 1 is 0.947 bits per heavy atom. The van der Waals surface area contributed by atoms with E-state index in [1.165, 1.54) is 38.2 Å². The molecule has 3 nitrogen and oxygen atoms in total. The van der Waals surface area contributed by atoms with Crippen LogP contribution in [0.15, 0.2) is 30.3 Å². The first-order valence-electron chi connectivity index (χ1n) is 7.43. The topological polar surface area (TPSA) is 26.7 Å². The van der Waals surface area contributed by atoms with Crippen molar-refractivity contribution in [3.05, 3.63) is 35.9 Å². The summed E-state index contributed by atoms with van der Waals surface area (Å²) in [6.45, 7) is 7.01. The SMILES string of the molecule is OCCN1CC2CC(C1)CN(Cc1ccccc1)C2. The zero-order valence-corrected chi connectivity index (χ0v) is 11.5. The van der Waals surface area contributed by atoms with Gasteiger partial charge in [0.15, 0.2) is 0 Å². The predicted octanol–water partition coefficient (Wildman–Crippen LogP) is 1.43. The molecule has 1 aromatic carbocycles. The van der Waals surface area contributed by atoms with Gasteiger partial charge < -0.3 is 10.0 Å². The quantitative estimate of drug-likeness (QED) is 0.887. The summed E-state index contributed by atoms with van der Waals surface area (Å²) in [7, 11) is 0. The second-order valence-electron chi connectivity index (χ2n) is 6.13. The molecule has 2 saturated heterocycles. The lowest BCUT2D eigenvalue weighted by molar-refractivity contribution is 0.0212. The first-order valence-corrected chi connectivity index (χ1v) is 7.43. The van der Waals surface area contributed by atoms with Crippen LogP contribution in [0.2, 0.25) is 0 Å². The molecule has 2 fully saturated rings. The van der Waals surface area contributed by atoms with Gasteiger partial charge in [-0.2, -0.15) is 0 Å². The third kappa shape index (κ3) is 3.35. The van der Waals surface area contributed by atoms with Crippen LogP contribution >= 0.6 is 0 Å². The Morgan fingerprint density at radius 2 is 1.58 bits per heavy atom. The molecule has 1 N–H and O–H groups in total. The van der Waals surface area contributed by atoms with E-state index in [1.54, 1.807) is 0 Å². The standard InChI is InChI=1S/C16H24N2O/c19-7-6-17-10-15-8-16(11-17)13-18(12-15)9-14-4-2-1-3-5-14/h1-5,15-16,19H,6-13H2. The molecule has 0 aliphatic carbocycles. The highest BCUT2D eigenvalue weighted by atomic mass is 16.3. The zero-order chi connectivity index (χ0) is 13.1. The summed E-state index contributed by atoms with van der Waals surface area (Å²) in [6, 6.07) is 10.8. The van der Waals surface area contributed by atoms with Crippen molar-refractivity contribution >= 4 is 0 Å². The maximum atomic E-state index is 9.08. The summed E-state index contributed by atoms with van der Waals surface area (Å²) in [5, 5.41) is 9.08. The van der Waals surface area contributed by atoms with Crippen LogP contribution < -0.4 is 0 Å². The Morgan fingerprint density at radius 3 is 2.21 bits per heavy atom. The molecular formula is C16H24N2O.